The molecule has 1 heterocycles. The SMILES string of the molecule is C=Cn1cc(CNc2ccc(CS(N)(=O)=O)cc2)cn1. The van der Waals surface area contributed by atoms with Crippen molar-refractivity contribution in [3.63, 3.8) is 0 Å². The van der Waals surface area contributed by atoms with Crippen LogP contribution in [-0.4, -0.2) is 18.2 Å². The number of nitrogens with zero attached hydrogens (tertiary/aromatic N) is 2. The molecule has 0 aliphatic rings. The fraction of sp³-hybridized carbons (Fsp3) is 0.154. The van der Waals surface area contributed by atoms with Crippen molar-refractivity contribution < 1.29 is 8.42 Å². The zero-order valence-corrected chi connectivity index (χ0v) is 11.7. The number of nitrogens with one attached hydrogen (secondary N) is 1. The number of hydrogen-bond donors (Lipinski definition) is 2. The van der Waals surface area contributed by atoms with E-state index in [0.717, 1.165) is 11.3 Å². The van der Waals surface area contributed by atoms with Crippen LogP contribution >= 0.6 is 0 Å². The zero-order chi connectivity index (χ0) is 14.6. The summed E-state index contributed by atoms with van der Waals surface area (Å²) in [4.78, 5) is 0. The summed E-state index contributed by atoms with van der Waals surface area (Å²) in [5.74, 6) is -0.153. The highest BCUT2D eigenvalue weighted by molar-refractivity contribution is 7.88. The predicted octanol–water partition coefficient (Wildman–Crippen LogP) is 1.38. The van der Waals surface area contributed by atoms with Gasteiger partial charge in [0.2, 0.25) is 10.0 Å². The first-order chi connectivity index (χ1) is 9.46. The summed E-state index contributed by atoms with van der Waals surface area (Å²) in [6.07, 6.45) is 5.24. The number of nitrogens with two attached hydrogens (primary N) is 1. The fourth-order valence-electron chi connectivity index (χ4n) is 1.72. The summed E-state index contributed by atoms with van der Waals surface area (Å²) >= 11 is 0. The van der Waals surface area contributed by atoms with Gasteiger partial charge in [0.25, 0.3) is 0 Å². The lowest BCUT2D eigenvalue weighted by atomic mass is 10.2. The van der Waals surface area contributed by atoms with Crippen LogP contribution in [0.25, 0.3) is 6.20 Å². The maximum atomic E-state index is 11.0. The Morgan fingerprint density at radius 1 is 1.30 bits per heavy atom. The van der Waals surface area contributed by atoms with Gasteiger partial charge in [-0.15, -0.1) is 0 Å². The molecule has 2 rings (SSSR count). The molecular formula is C13H16N4O2S. The molecule has 20 heavy (non-hydrogen) atoms. The van der Waals surface area contributed by atoms with Gasteiger partial charge in [-0.3, -0.25) is 0 Å². The van der Waals surface area contributed by atoms with E-state index in [4.69, 9.17) is 5.14 Å². The Morgan fingerprint density at radius 3 is 2.55 bits per heavy atom. The molecule has 0 bridgehead atoms. The van der Waals surface area contributed by atoms with E-state index >= 15 is 0 Å². The van der Waals surface area contributed by atoms with E-state index in [-0.39, 0.29) is 5.75 Å². The Kier molecular flexibility index (Phi) is 4.21. The van der Waals surface area contributed by atoms with Crippen molar-refractivity contribution in [1.82, 2.24) is 9.78 Å². The van der Waals surface area contributed by atoms with Crippen LogP contribution in [0.4, 0.5) is 5.69 Å². The molecule has 0 saturated carbocycles. The maximum Gasteiger partial charge on any atom is 0.213 e. The van der Waals surface area contributed by atoms with E-state index in [0.29, 0.717) is 12.1 Å². The third-order valence-electron chi connectivity index (χ3n) is 2.66. The number of hydrogen-bond acceptors (Lipinski definition) is 4. The second-order valence-electron chi connectivity index (χ2n) is 4.37. The molecule has 0 saturated heterocycles. The summed E-state index contributed by atoms with van der Waals surface area (Å²) < 4.78 is 23.6. The van der Waals surface area contributed by atoms with Gasteiger partial charge < -0.3 is 5.32 Å². The van der Waals surface area contributed by atoms with Crippen LogP contribution in [0.5, 0.6) is 0 Å². The first-order valence-electron chi connectivity index (χ1n) is 5.95. The summed E-state index contributed by atoms with van der Waals surface area (Å²) in [5.41, 5.74) is 2.59. The van der Waals surface area contributed by atoms with Crippen LogP contribution in [0, 0.1) is 0 Å². The van der Waals surface area contributed by atoms with Gasteiger partial charge in [0, 0.05) is 30.2 Å². The Balaban J connectivity index is 1.95. The van der Waals surface area contributed by atoms with Gasteiger partial charge in [-0.05, 0) is 17.7 Å². The van der Waals surface area contributed by atoms with E-state index in [2.05, 4.69) is 17.0 Å². The molecule has 0 unspecified atom stereocenters. The van der Waals surface area contributed by atoms with Gasteiger partial charge in [-0.1, -0.05) is 18.7 Å². The van der Waals surface area contributed by atoms with E-state index in [1.54, 1.807) is 29.2 Å². The monoisotopic (exact) mass is 292 g/mol. The molecule has 0 spiro atoms. The van der Waals surface area contributed by atoms with Crippen LogP contribution in [0.15, 0.2) is 43.2 Å². The number of benzene rings is 1. The van der Waals surface area contributed by atoms with Gasteiger partial charge in [0.15, 0.2) is 0 Å². The van der Waals surface area contributed by atoms with Crippen LogP contribution in [0.1, 0.15) is 11.1 Å². The first-order valence-corrected chi connectivity index (χ1v) is 7.67. The molecule has 1 aromatic heterocycles. The molecule has 6 nitrogen and oxygen atoms in total. The predicted molar refractivity (Wildman–Crippen MR) is 79.2 cm³/mol. The van der Waals surface area contributed by atoms with E-state index < -0.39 is 10.0 Å². The Hall–Kier alpha value is -2.12. The highest BCUT2D eigenvalue weighted by Gasteiger charge is 2.04. The average Bonchev–Trinajstić information content (AvgIpc) is 2.84. The van der Waals surface area contributed by atoms with Crippen molar-refractivity contribution >= 4 is 21.9 Å². The average molecular weight is 292 g/mol. The summed E-state index contributed by atoms with van der Waals surface area (Å²) in [5, 5.41) is 12.3. The Bertz CT molecular complexity index is 689. The molecule has 2 aromatic rings. The third kappa shape index (κ3) is 4.22. The molecular weight excluding hydrogens is 276 g/mol. The van der Waals surface area contributed by atoms with Crippen molar-refractivity contribution in [3.8, 4) is 0 Å². The summed E-state index contributed by atoms with van der Waals surface area (Å²) in [7, 11) is -3.49. The van der Waals surface area contributed by atoms with Gasteiger partial charge in [-0.2, -0.15) is 5.10 Å². The maximum absolute atomic E-state index is 11.0. The zero-order valence-electron chi connectivity index (χ0n) is 10.9. The van der Waals surface area contributed by atoms with Gasteiger partial charge in [0.05, 0.1) is 11.9 Å². The lowest BCUT2D eigenvalue weighted by molar-refractivity contribution is 0.597. The molecule has 1 aromatic carbocycles. The highest BCUT2D eigenvalue weighted by atomic mass is 32.2. The minimum absolute atomic E-state index is 0.153. The van der Waals surface area contributed by atoms with Crippen molar-refractivity contribution in [2.75, 3.05) is 5.32 Å². The molecule has 0 amide bonds. The standard InChI is InChI=1S/C13H16N4O2S/c1-2-17-9-12(8-16-17)7-15-13-5-3-11(4-6-13)10-20(14,18)19/h2-6,8-9,15H,1,7,10H2,(H2,14,18,19). The van der Waals surface area contributed by atoms with Crippen molar-refractivity contribution in [1.29, 1.82) is 0 Å². The summed E-state index contributed by atoms with van der Waals surface area (Å²) in [6, 6.07) is 7.11. The fourth-order valence-corrected chi connectivity index (χ4v) is 2.38. The second kappa shape index (κ2) is 5.89. The lowest BCUT2D eigenvalue weighted by Gasteiger charge is -2.06. The molecule has 0 radical (unpaired) electrons. The van der Waals surface area contributed by atoms with Crippen LogP contribution in [-0.2, 0) is 22.3 Å². The molecule has 0 aliphatic heterocycles. The quantitative estimate of drug-likeness (QED) is 0.841. The highest BCUT2D eigenvalue weighted by Crippen LogP contribution is 2.12. The smallest absolute Gasteiger partial charge is 0.213 e. The Morgan fingerprint density at radius 2 is 2.00 bits per heavy atom. The molecule has 106 valence electrons. The summed E-state index contributed by atoms with van der Waals surface area (Å²) in [6.45, 7) is 4.25. The Labute approximate surface area is 118 Å². The second-order valence-corrected chi connectivity index (χ2v) is 5.98. The number of rotatable bonds is 6. The largest absolute Gasteiger partial charge is 0.381 e. The molecule has 0 aliphatic carbocycles. The number of aromatic nitrogens is 2. The topological polar surface area (TPSA) is 90.0 Å². The van der Waals surface area contributed by atoms with E-state index in [1.807, 2.05) is 18.3 Å². The van der Waals surface area contributed by atoms with Crippen molar-refractivity contribution in [2.45, 2.75) is 12.3 Å². The molecule has 0 atom stereocenters. The van der Waals surface area contributed by atoms with Crippen molar-refractivity contribution in [3.05, 3.63) is 54.4 Å². The first kappa shape index (κ1) is 14.3. The number of primary sulfonamides is 1. The third-order valence-corrected chi connectivity index (χ3v) is 3.40. The van der Waals surface area contributed by atoms with Crippen molar-refractivity contribution in [2.24, 2.45) is 5.14 Å². The molecule has 7 heteroatoms. The lowest BCUT2D eigenvalue weighted by Crippen LogP contribution is -2.14. The van der Waals surface area contributed by atoms with E-state index in [9.17, 15) is 8.42 Å². The van der Waals surface area contributed by atoms with Gasteiger partial charge in [-0.25, -0.2) is 18.2 Å². The van der Waals surface area contributed by atoms with Crippen LogP contribution in [0.3, 0.4) is 0 Å². The minimum atomic E-state index is -3.49. The molecule has 0 fully saturated rings. The number of sulfonamides is 1. The van der Waals surface area contributed by atoms with Crippen LogP contribution < -0.4 is 10.5 Å². The number of anilines is 1. The van der Waals surface area contributed by atoms with Gasteiger partial charge in [0.1, 0.15) is 0 Å². The van der Waals surface area contributed by atoms with E-state index in [1.165, 1.54) is 0 Å². The van der Waals surface area contributed by atoms with Crippen LogP contribution in [0.2, 0.25) is 0 Å². The normalized spacial score (nSPS) is 11.2. The minimum Gasteiger partial charge on any atom is -0.381 e. The molecule has 3 N–H and O–H groups in total. The van der Waals surface area contributed by atoms with Gasteiger partial charge >= 0.3 is 0 Å².